The van der Waals surface area contributed by atoms with E-state index >= 15 is 0 Å². The van der Waals surface area contributed by atoms with E-state index in [9.17, 15) is 10.1 Å². The van der Waals surface area contributed by atoms with Crippen LogP contribution in [0.2, 0.25) is 0 Å². The molecule has 128 valence electrons. The van der Waals surface area contributed by atoms with E-state index in [0.717, 1.165) is 30.2 Å². The van der Waals surface area contributed by atoms with E-state index in [0.29, 0.717) is 36.0 Å². The Balaban J connectivity index is 1.45. The summed E-state index contributed by atoms with van der Waals surface area (Å²) < 4.78 is 10.7. The fourth-order valence-electron chi connectivity index (χ4n) is 2.97. The Labute approximate surface area is 144 Å². The summed E-state index contributed by atoms with van der Waals surface area (Å²) in [5.74, 6) is 2.12. The van der Waals surface area contributed by atoms with Crippen molar-refractivity contribution in [2.75, 3.05) is 25.2 Å². The summed E-state index contributed by atoms with van der Waals surface area (Å²) in [6.45, 7) is 1.21. The van der Waals surface area contributed by atoms with Crippen molar-refractivity contribution in [1.82, 2.24) is 10.3 Å². The third-order valence-electron chi connectivity index (χ3n) is 4.62. The molecule has 7 nitrogen and oxygen atoms in total. The van der Waals surface area contributed by atoms with Gasteiger partial charge in [-0.25, -0.2) is 4.98 Å². The molecule has 0 spiro atoms. The lowest BCUT2D eigenvalue weighted by Gasteiger charge is -2.24. The molecule has 1 amide bonds. The number of nitrogens with zero attached hydrogens (tertiary/aromatic N) is 2. The van der Waals surface area contributed by atoms with E-state index in [-0.39, 0.29) is 18.6 Å². The number of pyridine rings is 1. The molecule has 1 aliphatic carbocycles. The van der Waals surface area contributed by atoms with Gasteiger partial charge in [-0.15, -0.1) is 0 Å². The van der Waals surface area contributed by atoms with Crippen molar-refractivity contribution in [3.8, 4) is 17.6 Å². The standard InChI is InChI=1S/C18H18N4O3/c19-9-13-6-12-7-15-16(25-10-24-15)8-14(12)22-17(13)20-4-5-21-18(23)11-2-1-3-11/h6-8,11H,1-5,10H2,(H,20,22)(H,21,23). The molecule has 0 unspecified atom stereocenters. The molecule has 1 fully saturated rings. The van der Waals surface area contributed by atoms with E-state index < -0.39 is 0 Å². The monoisotopic (exact) mass is 338 g/mol. The lowest BCUT2D eigenvalue weighted by Crippen LogP contribution is -2.37. The molecule has 4 rings (SSSR count). The largest absolute Gasteiger partial charge is 0.454 e. The van der Waals surface area contributed by atoms with Crippen LogP contribution in [0.1, 0.15) is 24.8 Å². The van der Waals surface area contributed by atoms with Crippen molar-refractivity contribution in [2.24, 2.45) is 5.92 Å². The first-order valence-corrected chi connectivity index (χ1v) is 8.40. The number of aromatic nitrogens is 1. The Kier molecular flexibility index (Phi) is 4.02. The number of carbonyl (C=O) groups excluding carboxylic acids is 1. The summed E-state index contributed by atoms with van der Waals surface area (Å²) in [4.78, 5) is 16.3. The first-order chi connectivity index (χ1) is 12.2. The summed E-state index contributed by atoms with van der Waals surface area (Å²) >= 11 is 0. The van der Waals surface area contributed by atoms with Crippen LogP contribution >= 0.6 is 0 Å². The Bertz CT molecular complexity index is 871. The molecule has 1 aromatic carbocycles. The molecular weight excluding hydrogens is 320 g/mol. The van der Waals surface area contributed by atoms with Gasteiger partial charge in [0, 0.05) is 30.5 Å². The fraction of sp³-hybridized carbons (Fsp3) is 0.389. The minimum Gasteiger partial charge on any atom is -0.454 e. The minimum atomic E-state index is 0.118. The van der Waals surface area contributed by atoms with Crippen molar-refractivity contribution in [3.05, 3.63) is 23.8 Å². The molecule has 0 atom stereocenters. The molecule has 1 aromatic heterocycles. The summed E-state index contributed by atoms with van der Waals surface area (Å²) in [6.07, 6.45) is 3.11. The van der Waals surface area contributed by atoms with E-state index in [4.69, 9.17) is 9.47 Å². The van der Waals surface area contributed by atoms with Crippen molar-refractivity contribution in [2.45, 2.75) is 19.3 Å². The van der Waals surface area contributed by atoms with E-state index in [1.165, 1.54) is 0 Å². The Morgan fingerprint density at radius 2 is 2.04 bits per heavy atom. The van der Waals surface area contributed by atoms with E-state index in [1.807, 2.05) is 12.1 Å². The summed E-state index contributed by atoms with van der Waals surface area (Å²) in [5, 5.41) is 16.2. The Morgan fingerprint density at radius 3 is 2.76 bits per heavy atom. The molecule has 0 radical (unpaired) electrons. The third kappa shape index (κ3) is 3.03. The number of benzene rings is 1. The van der Waals surface area contributed by atoms with Gasteiger partial charge in [0.05, 0.1) is 11.1 Å². The van der Waals surface area contributed by atoms with Gasteiger partial charge >= 0.3 is 0 Å². The average molecular weight is 338 g/mol. The second-order valence-electron chi connectivity index (χ2n) is 6.24. The first-order valence-electron chi connectivity index (χ1n) is 8.40. The maximum Gasteiger partial charge on any atom is 0.231 e. The summed E-state index contributed by atoms with van der Waals surface area (Å²) in [7, 11) is 0. The molecule has 2 N–H and O–H groups in total. The normalized spacial score (nSPS) is 15.5. The molecule has 2 aliphatic rings. The molecule has 25 heavy (non-hydrogen) atoms. The maximum atomic E-state index is 11.8. The van der Waals surface area contributed by atoms with Crippen LogP contribution in [0.5, 0.6) is 11.5 Å². The van der Waals surface area contributed by atoms with Gasteiger partial charge in [-0.05, 0) is 25.0 Å². The number of hydrogen-bond donors (Lipinski definition) is 2. The van der Waals surface area contributed by atoms with Crippen LogP contribution in [-0.2, 0) is 4.79 Å². The highest BCUT2D eigenvalue weighted by Gasteiger charge is 2.24. The van der Waals surface area contributed by atoms with Gasteiger partial charge in [0.25, 0.3) is 0 Å². The molecule has 2 heterocycles. The molecule has 7 heteroatoms. The number of anilines is 1. The summed E-state index contributed by atoms with van der Waals surface area (Å²) in [5.41, 5.74) is 1.18. The quantitative estimate of drug-likeness (QED) is 0.811. The zero-order valence-electron chi connectivity index (χ0n) is 13.7. The number of nitriles is 1. The van der Waals surface area contributed by atoms with E-state index in [2.05, 4.69) is 21.7 Å². The smallest absolute Gasteiger partial charge is 0.231 e. The Hall–Kier alpha value is -3.01. The molecule has 1 aliphatic heterocycles. The lowest BCUT2D eigenvalue weighted by atomic mass is 9.85. The number of hydrogen-bond acceptors (Lipinski definition) is 6. The van der Waals surface area contributed by atoms with Crippen molar-refractivity contribution >= 4 is 22.6 Å². The predicted octanol–water partition coefficient (Wildman–Crippen LogP) is 2.16. The lowest BCUT2D eigenvalue weighted by molar-refractivity contribution is -0.127. The number of ether oxygens (including phenoxy) is 2. The molecule has 0 saturated heterocycles. The average Bonchev–Trinajstić information content (AvgIpc) is 3.01. The van der Waals surface area contributed by atoms with Crippen LogP contribution in [0, 0.1) is 17.2 Å². The van der Waals surface area contributed by atoms with Gasteiger partial charge in [0.1, 0.15) is 11.9 Å². The third-order valence-corrected chi connectivity index (χ3v) is 4.62. The maximum absolute atomic E-state index is 11.8. The SMILES string of the molecule is N#Cc1cc2cc3c(cc2nc1NCCNC(=O)C1CCC1)OCO3. The van der Waals surface area contributed by atoms with Crippen LogP contribution in [0.4, 0.5) is 5.82 Å². The van der Waals surface area contributed by atoms with Gasteiger partial charge in [0.15, 0.2) is 11.5 Å². The highest BCUT2D eigenvalue weighted by molar-refractivity contribution is 5.86. The van der Waals surface area contributed by atoms with Gasteiger partial charge in [0.2, 0.25) is 12.7 Å². The van der Waals surface area contributed by atoms with Crippen LogP contribution in [0.15, 0.2) is 18.2 Å². The van der Waals surface area contributed by atoms with Crippen LogP contribution in [0.25, 0.3) is 10.9 Å². The zero-order chi connectivity index (χ0) is 17.2. The number of nitrogens with one attached hydrogen (secondary N) is 2. The number of fused-ring (bicyclic) bond motifs is 2. The number of carbonyl (C=O) groups is 1. The van der Waals surface area contributed by atoms with Gasteiger partial charge in [-0.2, -0.15) is 5.26 Å². The molecule has 0 bridgehead atoms. The molecular formula is C18H18N4O3. The number of amides is 1. The molecule has 2 aromatic rings. The van der Waals surface area contributed by atoms with Crippen molar-refractivity contribution in [1.29, 1.82) is 5.26 Å². The highest BCUT2D eigenvalue weighted by atomic mass is 16.7. The van der Waals surface area contributed by atoms with Crippen LogP contribution in [0.3, 0.4) is 0 Å². The topological polar surface area (TPSA) is 96.3 Å². The zero-order valence-corrected chi connectivity index (χ0v) is 13.7. The second kappa shape index (κ2) is 6.48. The van der Waals surface area contributed by atoms with Crippen molar-refractivity contribution in [3.63, 3.8) is 0 Å². The first kappa shape index (κ1) is 15.5. The van der Waals surface area contributed by atoms with Gasteiger partial charge in [-0.1, -0.05) is 6.42 Å². The number of rotatable bonds is 5. The molecule has 1 saturated carbocycles. The Morgan fingerprint density at radius 1 is 1.24 bits per heavy atom. The minimum absolute atomic E-state index is 0.118. The summed E-state index contributed by atoms with van der Waals surface area (Å²) in [6, 6.07) is 7.57. The van der Waals surface area contributed by atoms with Gasteiger partial charge < -0.3 is 20.1 Å². The predicted molar refractivity (Wildman–Crippen MR) is 91.4 cm³/mol. The fourth-order valence-corrected chi connectivity index (χ4v) is 2.97. The highest BCUT2D eigenvalue weighted by Crippen LogP contribution is 2.36. The van der Waals surface area contributed by atoms with Crippen molar-refractivity contribution < 1.29 is 14.3 Å². The van der Waals surface area contributed by atoms with Gasteiger partial charge in [-0.3, -0.25) is 4.79 Å². The second-order valence-corrected chi connectivity index (χ2v) is 6.24. The van der Waals surface area contributed by atoms with E-state index in [1.54, 1.807) is 6.07 Å². The van der Waals surface area contributed by atoms with Crippen LogP contribution < -0.4 is 20.1 Å². The van der Waals surface area contributed by atoms with Crippen LogP contribution in [-0.4, -0.2) is 30.8 Å².